The number of hydrogen-bond acceptors (Lipinski definition) is 4. The van der Waals surface area contributed by atoms with Gasteiger partial charge in [-0.2, -0.15) is 0 Å². The van der Waals surface area contributed by atoms with E-state index in [4.69, 9.17) is 25.4 Å². The Morgan fingerprint density at radius 1 is 1.56 bits per heavy atom. The van der Waals surface area contributed by atoms with Gasteiger partial charge in [-0.25, -0.2) is 0 Å². The van der Waals surface area contributed by atoms with Gasteiger partial charge in [0.15, 0.2) is 0 Å². The fourth-order valence-electron chi connectivity index (χ4n) is 1.91. The van der Waals surface area contributed by atoms with Gasteiger partial charge in [-0.3, -0.25) is 5.41 Å². The molecule has 1 saturated heterocycles. The van der Waals surface area contributed by atoms with Crippen LogP contribution in [-0.4, -0.2) is 32.3 Å². The number of methoxy groups -OCH3 is 1. The van der Waals surface area contributed by atoms with Crippen LogP contribution in [-0.2, 0) is 16.1 Å². The molecule has 1 fully saturated rings. The second kappa shape index (κ2) is 5.84. The summed E-state index contributed by atoms with van der Waals surface area (Å²) in [6.45, 7) is 1.96. The normalized spacial score (nSPS) is 18.8. The van der Waals surface area contributed by atoms with E-state index in [1.165, 1.54) is 0 Å². The van der Waals surface area contributed by atoms with Crippen LogP contribution in [0.2, 0.25) is 0 Å². The van der Waals surface area contributed by atoms with Gasteiger partial charge in [0.1, 0.15) is 11.6 Å². The Morgan fingerprint density at radius 2 is 2.39 bits per heavy atom. The number of nitrogens with one attached hydrogen (secondary N) is 1. The molecule has 0 saturated carbocycles. The SMILES string of the molecule is COc1cc(COC2CCOC2)ccc1C(=N)N. The maximum Gasteiger partial charge on any atom is 0.130 e. The third-order valence-corrected chi connectivity index (χ3v) is 2.93. The molecular formula is C13H18N2O3. The van der Waals surface area contributed by atoms with E-state index in [1.54, 1.807) is 13.2 Å². The van der Waals surface area contributed by atoms with Crippen LogP contribution in [0.5, 0.6) is 5.75 Å². The minimum Gasteiger partial charge on any atom is -0.496 e. The third kappa shape index (κ3) is 3.00. The summed E-state index contributed by atoms with van der Waals surface area (Å²) in [7, 11) is 1.57. The van der Waals surface area contributed by atoms with Gasteiger partial charge >= 0.3 is 0 Å². The van der Waals surface area contributed by atoms with E-state index < -0.39 is 0 Å². The second-order valence-electron chi connectivity index (χ2n) is 4.24. The molecule has 0 aliphatic carbocycles. The van der Waals surface area contributed by atoms with Crippen molar-refractivity contribution in [3.8, 4) is 5.75 Å². The molecule has 1 unspecified atom stereocenters. The number of ether oxygens (including phenoxy) is 3. The van der Waals surface area contributed by atoms with Gasteiger partial charge in [-0.05, 0) is 24.1 Å². The first-order valence-corrected chi connectivity index (χ1v) is 5.91. The van der Waals surface area contributed by atoms with Crippen molar-refractivity contribution in [2.24, 2.45) is 5.73 Å². The van der Waals surface area contributed by atoms with Crippen molar-refractivity contribution in [2.45, 2.75) is 19.1 Å². The number of rotatable bonds is 5. The molecule has 0 aromatic heterocycles. The van der Waals surface area contributed by atoms with Crippen LogP contribution in [0.3, 0.4) is 0 Å². The molecule has 1 aromatic rings. The predicted molar refractivity (Wildman–Crippen MR) is 68.0 cm³/mol. The van der Waals surface area contributed by atoms with Crippen molar-refractivity contribution in [3.05, 3.63) is 29.3 Å². The molecule has 18 heavy (non-hydrogen) atoms. The molecule has 1 heterocycles. The second-order valence-corrected chi connectivity index (χ2v) is 4.24. The van der Waals surface area contributed by atoms with Gasteiger partial charge in [0.05, 0.1) is 32.0 Å². The zero-order valence-electron chi connectivity index (χ0n) is 10.4. The summed E-state index contributed by atoms with van der Waals surface area (Å²) in [6.07, 6.45) is 1.13. The van der Waals surface area contributed by atoms with E-state index in [0.717, 1.165) is 18.6 Å². The summed E-state index contributed by atoms with van der Waals surface area (Å²) in [5.74, 6) is 0.606. The quantitative estimate of drug-likeness (QED) is 0.609. The highest BCUT2D eigenvalue weighted by atomic mass is 16.5. The zero-order valence-corrected chi connectivity index (χ0v) is 10.4. The smallest absolute Gasteiger partial charge is 0.130 e. The molecule has 98 valence electrons. The number of amidine groups is 1. The van der Waals surface area contributed by atoms with Crippen molar-refractivity contribution in [1.82, 2.24) is 0 Å². The van der Waals surface area contributed by atoms with E-state index in [-0.39, 0.29) is 11.9 Å². The standard InChI is InChI=1S/C13H18N2O3/c1-16-12-6-9(2-3-11(12)13(14)15)7-18-10-4-5-17-8-10/h2-3,6,10H,4-5,7-8H2,1H3,(H3,14,15). The van der Waals surface area contributed by atoms with Crippen LogP contribution in [0, 0.1) is 5.41 Å². The van der Waals surface area contributed by atoms with Crippen LogP contribution < -0.4 is 10.5 Å². The summed E-state index contributed by atoms with van der Waals surface area (Å²) in [5, 5.41) is 7.44. The van der Waals surface area contributed by atoms with Crippen LogP contribution >= 0.6 is 0 Å². The molecule has 1 aromatic carbocycles. The number of nitrogens with two attached hydrogens (primary N) is 1. The Kier molecular flexibility index (Phi) is 4.17. The Hall–Kier alpha value is -1.59. The third-order valence-electron chi connectivity index (χ3n) is 2.93. The van der Waals surface area contributed by atoms with Gasteiger partial charge in [0.25, 0.3) is 0 Å². The van der Waals surface area contributed by atoms with E-state index in [0.29, 0.717) is 24.5 Å². The van der Waals surface area contributed by atoms with Crippen molar-refractivity contribution in [3.63, 3.8) is 0 Å². The molecule has 1 aliphatic rings. The molecular weight excluding hydrogens is 232 g/mol. The van der Waals surface area contributed by atoms with Crippen molar-refractivity contribution in [2.75, 3.05) is 20.3 Å². The lowest BCUT2D eigenvalue weighted by atomic mass is 10.1. The molecule has 5 heteroatoms. The summed E-state index contributed by atoms with van der Waals surface area (Å²) >= 11 is 0. The highest BCUT2D eigenvalue weighted by Gasteiger charge is 2.16. The highest BCUT2D eigenvalue weighted by Crippen LogP contribution is 2.21. The lowest BCUT2D eigenvalue weighted by Crippen LogP contribution is -2.14. The van der Waals surface area contributed by atoms with Crippen LogP contribution in [0.4, 0.5) is 0 Å². The molecule has 0 spiro atoms. The Bertz CT molecular complexity index is 428. The minimum absolute atomic E-state index is 0.00325. The molecule has 5 nitrogen and oxygen atoms in total. The average molecular weight is 250 g/mol. The first-order chi connectivity index (χ1) is 8.70. The highest BCUT2D eigenvalue weighted by molar-refractivity contribution is 5.97. The molecule has 1 atom stereocenters. The fraction of sp³-hybridized carbons (Fsp3) is 0.462. The summed E-state index contributed by atoms with van der Waals surface area (Å²) in [5.41, 5.74) is 7.07. The van der Waals surface area contributed by atoms with Crippen LogP contribution in [0.25, 0.3) is 0 Å². The predicted octanol–water partition coefficient (Wildman–Crippen LogP) is 1.28. The number of nitrogen functional groups attached to an aromatic ring is 1. The van der Waals surface area contributed by atoms with Crippen molar-refractivity contribution >= 4 is 5.84 Å². The minimum atomic E-state index is 0.00325. The molecule has 0 radical (unpaired) electrons. The van der Waals surface area contributed by atoms with E-state index in [2.05, 4.69) is 0 Å². The van der Waals surface area contributed by atoms with Crippen molar-refractivity contribution in [1.29, 1.82) is 5.41 Å². The Balaban J connectivity index is 2.02. The van der Waals surface area contributed by atoms with Gasteiger partial charge < -0.3 is 19.9 Å². The van der Waals surface area contributed by atoms with Crippen molar-refractivity contribution < 1.29 is 14.2 Å². The molecule has 1 aliphatic heterocycles. The Morgan fingerprint density at radius 3 is 3.00 bits per heavy atom. The number of hydrogen-bond donors (Lipinski definition) is 2. The summed E-state index contributed by atoms with van der Waals surface area (Å²) in [6, 6.07) is 5.53. The Labute approximate surface area is 106 Å². The topological polar surface area (TPSA) is 77.6 Å². The number of benzene rings is 1. The van der Waals surface area contributed by atoms with E-state index in [9.17, 15) is 0 Å². The lowest BCUT2D eigenvalue weighted by Gasteiger charge is -2.12. The molecule has 0 bridgehead atoms. The van der Waals surface area contributed by atoms with Gasteiger partial charge in [0.2, 0.25) is 0 Å². The monoisotopic (exact) mass is 250 g/mol. The summed E-state index contributed by atoms with van der Waals surface area (Å²) < 4.78 is 16.2. The molecule has 0 amide bonds. The van der Waals surface area contributed by atoms with E-state index >= 15 is 0 Å². The zero-order chi connectivity index (χ0) is 13.0. The fourth-order valence-corrected chi connectivity index (χ4v) is 1.91. The maximum atomic E-state index is 7.44. The largest absolute Gasteiger partial charge is 0.496 e. The van der Waals surface area contributed by atoms with E-state index in [1.807, 2.05) is 12.1 Å². The molecule has 2 rings (SSSR count). The summed E-state index contributed by atoms with van der Waals surface area (Å²) in [4.78, 5) is 0. The lowest BCUT2D eigenvalue weighted by molar-refractivity contribution is 0.0317. The first-order valence-electron chi connectivity index (χ1n) is 5.91. The van der Waals surface area contributed by atoms with Gasteiger partial charge in [-0.15, -0.1) is 0 Å². The average Bonchev–Trinajstić information content (AvgIpc) is 2.88. The van der Waals surface area contributed by atoms with Crippen LogP contribution in [0.15, 0.2) is 18.2 Å². The molecule has 3 N–H and O–H groups in total. The maximum absolute atomic E-state index is 7.44. The first kappa shape index (κ1) is 12.9. The van der Waals surface area contributed by atoms with Gasteiger partial charge in [-0.1, -0.05) is 6.07 Å². The van der Waals surface area contributed by atoms with Gasteiger partial charge in [0, 0.05) is 6.61 Å². The van der Waals surface area contributed by atoms with Crippen LogP contribution in [0.1, 0.15) is 17.5 Å².